The van der Waals surface area contributed by atoms with Crippen molar-refractivity contribution in [2.75, 3.05) is 190 Å². The van der Waals surface area contributed by atoms with Gasteiger partial charge in [-0.1, -0.05) is 77.1 Å². The average molecular weight is 2020 g/mol. The normalized spacial score (nSPS) is 25.9. The molecule has 8 heterocycles. The number of aliphatic hydroxyl groups is 2. The minimum Gasteiger partial charge on any atom is -0.481 e. The molecule has 0 spiro atoms. The molecule has 11 rings (SSSR count). The van der Waals surface area contributed by atoms with Gasteiger partial charge in [0.25, 0.3) is 11.7 Å². The molecule has 1 saturated carbocycles. The molecule has 794 valence electrons. The van der Waals surface area contributed by atoms with Crippen molar-refractivity contribution in [1.82, 2.24) is 44.6 Å². The van der Waals surface area contributed by atoms with Gasteiger partial charge in [-0.3, -0.25) is 33.3 Å². The van der Waals surface area contributed by atoms with Crippen molar-refractivity contribution < 1.29 is 128 Å². The maximum Gasteiger partial charge on any atom is 0.418 e. The maximum absolute atomic E-state index is 15.1. The van der Waals surface area contributed by atoms with Crippen LogP contribution in [0.4, 0.5) is 29.6 Å². The molecule has 144 heavy (non-hydrogen) atoms. The topological polar surface area (TPSA) is 403 Å². The van der Waals surface area contributed by atoms with Gasteiger partial charge in [-0.2, -0.15) is 13.2 Å². The summed E-state index contributed by atoms with van der Waals surface area (Å²) in [6, 6.07) is 11.9. The van der Waals surface area contributed by atoms with Crippen molar-refractivity contribution in [3.63, 3.8) is 0 Å². The van der Waals surface area contributed by atoms with E-state index in [4.69, 9.17) is 75.8 Å². The first-order valence-corrected chi connectivity index (χ1v) is 50.2. The second kappa shape index (κ2) is 57.3. The number of cyclic esters (lactones) is 1. The van der Waals surface area contributed by atoms with Gasteiger partial charge in [0.2, 0.25) is 23.5 Å². The van der Waals surface area contributed by atoms with Crippen LogP contribution in [0.5, 0.6) is 5.88 Å². The summed E-state index contributed by atoms with van der Waals surface area (Å²) < 4.78 is 141. The number of alkyl halides is 3. The quantitative estimate of drug-likeness (QED) is 0.0120. The van der Waals surface area contributed by atoms with E-state index >= 15 is 13.2 Å². The Morgan fingerprint density at radius 3 is 1.88 bits per heavy atom. The summed E-state index contributed by atoms with van der Waals surface area (Å²) in [4.78, 5) is 121. The second-order valence-corrected chi connectivity index (χ2v) is 37.8. The Labute approximate surface area is 841 Å². The third-order valence-corrected chi connectivity index (χ3v) is 27.6. The Morgan fingerprint density at radius 1 is 0.625 bits per heavy atom. The molecule has 16 atom stereocenters. The molecule has 4 N–H and O–H groups in total. The highest BCUT2D eigenvalue weighted by Crippen LogP contribution is 2.43. The van der Waals surface area contributed by atoms with E-state index in [1.165, 1.54) is 34.3 Å². The number of imidazole rings is 1. The van der Waals surface area contributed by atoms with Crippen LogP contribution in [-0.4, -0.2) is 321 Å². The number of pyridine rings is 2. The Kier molecular flexibility index (Phi) is 45.5. The number of ether oxygens (including phenoxy) is 16. The first-order chi connectivity index (χ1) is 69.4. The number of aromatic nitrogens is 6. The lowest BCUT2D eigenvalue weighted by Gasteiger charge is -2.43. The van der Waals surface area contributed by atoms with Gasteiger partial charge in [0.05, 0.1) is 171 Å². The van der Waals surface area contributed by atoms with Gasteiger partial charge in [0.1, 0.15) is 30.5 Å². The molecule has 1 aliphatic carbocycles. The van der Waals surface area contributed by atoms with Crippen LogP contribution < -0.4 is 30.9 Å². The third-order valence-electron chi connectivity index (χ3n) is 27.6. The lowest BCUT2D eigenvalue weighted by atomic mass is 9.78. The lowest BCUT2D eigenvalue weighted by Crippen LogP contribution is -2.61. The van der Waals surface area contributed by atoms with Crippen molar-refractivity contribution >= 4 is 69.0 Å². The van der Waals surface area contributed by atoms with Gasteiger partial charge in [0, 0.05) is 165 Å². The van der Waals surface area contributed by atoms with Crippen LogP contribution in [0.15, 0.2) is 126 Å². The highest BCUT2D eigenvalue weighted by atomic mass is 19.4. The minimum absolute atomic E-state index is 0.00174. The van der Waals surface area contributed by atoms with Crippen molar-refractivity contribution in [3.05, 3.63) is 143 Å². The van der Waals surface area contributed by atoms with E-state index in [2.05, 4.69) is 30.6 Å². The number of Topliss-reactive ketones (excluding diaryl/α,β-unsaturated/α-hetero) is 2. The number of piperazine rings is 1. The summed E-state index contributed by atoms with van der Waals surface area (Å²) in [5.74, 6) is -6.81. The van der Waals surface area contributed by atoms with Crippen LogP contribution in [0.2, 0.25) is 0 Å². The molecule has 36 nitrogen and oxygen atoms in total. The lowest BCUT2D eigenvalue weighted by molar-refractivity contribution is -0.265. The number of aryl methyl sites for hydroxylation is 1. The molecule has 0 unspecified atom stereocenters. The van der Waals surface area contributed by atoms with Crippen LogP contribution in [0.25, 0.3) is 38.8 Å². The largest absolute Gasteiger partial charge is 0.481 e. The number of methoxy groups -OCH3 is 5. The number of carbonyl (C=O) groups is 6. The summed E-state index contributed by atoms with van der Waals surface area (Å²) in [5, 5.41) is 30.2. The molecule has 2 bridgehead atoms. The number of hydrogen-bond donors (Lipinski definition) is 4. The van der Waals surface area contributed by atoms with Gasteiger partial charge in [-0.15, -0.1) is 0 Å². The van der Waals surface area contributed by atoms with Crippen LogP contribution in [0.1, 0.15) is 143 Å². The van der Waals surface area contributed by atoms with Crippen LogP contribution >= 0.6 is 0 Å². The molecule has 2 aromatic carbocycles. The zero-order valence-electron chi connectivity index (χ0n) is 85.5. The molecular formula is C105H148F3N11O25. The Balaban J connectivity index is 0.504. The van der Waals surface area contributed by atoms with Gasteiger partial charge in [-0.25, -0.2) is 29.3 Å². The van der Waals surface area contributed by atoms with Crippen molar-refractivity contribution in [1.29, 1.82) is 0 Å². The summed E-state index contributed by atoms with van der Waals surface area (Å²) in [6.45, 7) is 20.0. The zero-order valence-corrected chi connectivity index (χ0v) is 85.5. The second-order valence-electron chi connectivity index (χ2n) is 37.8. The molecule has 4 fully saturated rings. The molecule has 5 aliphatic rings. The first-order valence-electron chi connectivity index (χ1n) is 50.2. The molecule has 4 aromatic heterocycles. The van der Waals surface area contributed by atoms with Gasteiger partial charge < -0.3 is 111 Å². The van der Waals surface area contributed by atoms with Crippen LogP contribution in [0.3, 0.4) is 0 Å². The van der Waals surface area contributed by atoms with E-state index in [0.29, 0.717) is 208 Å². The van der Waals surface area contributed by atoms with E-state index in [-0.39, 0.29) is 113 Å². The van der Waals surface area contributed by atoms with Crippen molar-refractivity contribution in [2.24, 2.45) is 42.6 Å². The van der Waals surface area contributed by atoms with E-state index in [1.807, 2.05) is 94.2 Å². The van der Waals surface area contributed by atoms with Crippen LogP contribution in [0, 0.1) is 35.5 Å². The number of piperidine rings is 1. The smallest absolute Gasteiger partial charge is 0.418 e. The fourth-order valence-corrected chi connectivity index (χ4v) is 19.2. The average Bonchev–Trinajstić information content (AvgIpc) is 1.58. The van der Waals surface area contributed by atoms with Crippen molar-refractivity contribution in [3.8, 4) is 22.7 Å². The van der Waals surface area contributed by atoms with E-state index < -0.39 is 120 Å². The molecule has 39 heteroatoms. The van der Waals surface area contributed by atoms with E-state index in [0.717, 1.165) is 22.8 Å². The Bertz CT molecular complexity index is 5270. The third kappa shape index (κ3) is 32.5. The molecule has 3 saturated heterocycles. The summed E-state index contributed by atoms with van der Waals surface area (Å²) in [5.41, 5.74) is 3.64. The number of benzene rings is 2. The maximum atomic E-state index is 15.1. The number of alkyl carbamates (subject to hydrolysis) is 1. The predicted molar refractivity (Wildman–Crippen MR) is 531 cm³/mol. The zero-order chi connectivity index (χ0) is 103. The number of ketones is 2. The fourth-order valence-electron chi connectivity index (χ4n) is 19.2. The monoisotopic (exact) mass is 2020 g/mol. The van der Waals surface area contributed by atoms with Gasteiger partial charge in [0.15, 0.2) is 5.78 Å². The van der Waals surface area contributed by atoms with Gasteiger partial charge in [-0.05, 0) is 149 Å². The molecule has 6 aromatic rings. The summed E-state index contributed by atoms with van der Waals surface area (Å²) in [7, 11) is 9.21. The fraction of sp³-hybridized carbons (Fsp3) is 0.629. The number of nitrogens with one attached hydrogen (secondary N) is 2. The van der Waals surface area contributed by atoms with E-state index in [1.54, 1.807) is 90.1 Å². The number of anilines is 2. The minimum atomic E-state index is -4.75. The number of aliphatic hydroxyl groups excluding tert-OH is 1. The van der Waals surface area contributed by atoms with Crippen molar-refractivity contribution in [2.45, 2.75) is 205 Å². The molecule has 4 aliphatic heterocycles. The highest BCUT2D eigenvalue weighted by molar-refractivity contribution is 6.39. The molecule has 3 amide bonds. The predicted octanol–water partition coefficient (Wildman–Crippen LogP) is 11.6. The number of esters is 1. The number of rotatable bonds is 42. The number of fused-ring (bicyclic) bond motifs is 6. The number of nitrogens with zero attached hydrogens (tertiary/aromatic N) is 9. The number of allylic oxidation sites excluding steroid dienone is 5. The van der Waals surface area contributed by atoms with Crippen LogP contribution in [-0.2, 0) is 115 Å². The number of carbonyl (C=O) groups excluding carboxylic acids is 6. The highest BCUT2D eigenvalue weighted by Gasteiger charge is 2.54. The number of amides is 3. The molecular weight excluding hydrogens is 1870 g/mol. The van der Waals surface area contributed by atoms with E-state index in [9.17, 15) is 43.8 Å². The van der Waals surface area contributed by atoms with Gasteiger partial charge >= 0.3 is 23.9 Å². The Hall–Kier alpha value is -10.1. The molecule has 0 radical (unpaired) electrons. The summed E-state index contributed by atoms with van der Waals surface area (Å²) >= 11 is 0. The Morgan fingerprint density at radius 2 is 1.26 bits per heavy atom. The SMILES string of the molecule is COc1ccc(-c2ccc3ncc4c(c3c2)n(-c2ccc(N3CCN(c5ncc(CNC(=O)CCOCCOCCOCCOCCOCCOCCOCCOCCNC(=O)O[C@@H]6CC[C@@H](C[C@@H](C)[C@@H]7C[C@@H](OC)[C@H](C)/C=C(\C)[C@@H](O)[C@@H](OC)C(=O)[C@H](C)C[C@H](C)/C=C/C=C/C=C(\C)[C@@H](OC)C[C@@H]8CC[C@@H](C)[C@@](O)(O8)C(=O)C(=O)N8CCCC[C@H]8C(=O)O7)C[C@H]6OC)cn5)CC3)c(C(F)(F)F)c2)c(=O)n4C)cn1. The number of halogens is 3. The number of hydrogen-bond acceptors (Lipinski definition) is 31. The summed E-state index contributed by atoms with van der Waals surface area (Å²) in [6.07, 6.45) is 12.1. The standard InChI is InChI=1S/C105H148F3N11O25/c1-68-19-15-14-16-20-69(2)88(129-9)61-80-27-22-74(7)104(128,144-80)98(123)99(124)118-34-18-17-21-85(118)100(125)142-90(62-89(130-10)70(3)56-73(6)96(122)97(133-13)95(121)72(5)55-68)71(4)57-75-23-30-87(91(58-75)131-11)143-102(126)109-33-40-135-42-44-137-46-48-139-50-52-141-54-53-140-51-49-138-47-45-136-43-41-134-39-32-92(120)111-63-76-64-113-101(114-65-76)117-37-35-116(36-38-117)84-29-26-79(60-82(84)105(106,107)108)119-94-81-59-77(78-25-31-93(132-12)112-66-78)24-28-83(81)110-67-86(94)115(8)103(119)127/h14-16,19-20,24-26,28-29,31,56,59-60,64-68,70-72,74-75,80,85,87-91,96-97,122,128H,17-18,21-23,27,30,32-55,57-58,61-63H2,1-13H3,(H,109,126)(H,111,120)/b16-14+,19-15+,69-20+,73-56+/t68-,70-,71-,72-,74-,75+,80+,85+,87-,88+,89-,90+,91-,96-,97+,104-/m1/s1. The first kappa shape index (κ1) is 114.